The van der Waals surface area contributed by atoms with Crippen LogP contribution in [0.2, 0.25) is 0 Å². The average molecular weight is 292 g/mol. The maximum atomic E-state index is 12.1. The molecule has 2 rings (SSSR count). The summed E-state index contributed by atoms with van der Waals surface area (Å²) < 4.78 is 62.1. The molecule has 0 aliphatic heterocycles. The molecule has 1 heterocycles. The maximum absolute atomic E-state index is 12.1. The van der Waals surface area contributed by atoms with Crippen molar-refractivity contribution in [3.63, 3.8) is 0 Å². The fourth-order valence-electron chi connectivity index (χ4n) is 1.33. The number of rotatable bonds is 3. The summed E-state index contributed by atoms with van der Waals surface area (Å²) in [6.45, 7) is 3.47. The van der Waals surface area contributed by atoms with Crippen molar-refractivity contribution in [1.82, 2.24) is 9.97 Å². The van der Waals surface area contributed by atoms with Crippen molar-refractivity contribution in [3.05, 3.63) is 30.6 Å². The molecule has 102 valence electrons. The van der Waals surface area contributed by atoms with Crippen molar-refractivity contribution >= 4 is 27.2 Å². The van der Waals surface area contributed by atoms with Gasteiger partial charge in [0.1, 0.15) is 11.6 Å². The minimum absolute atomic E-state index is 0.338. The highest BCUT2D eigenvalue weighted by molar-refractivity contribution is 7.88. The van der Waals surface area contributed by atoms with Crippen LogP contribution in [0, 0.1) is 0 Å². The second-order valence-electron chi connectivity index (χ2n) is 3.49. The first-order valence-electron chi connectivity index (χ1n) is 4.86. The van der Waals surface area contributed by atoms with Gasteiger partial charge in [-0.3, -0.25) is 0 Å². The topological polar surface area (TPSA) is 72.0 Å². The van der Waals surface area contributed by atoms with Crippen molar-refractivity contribution < 1.29 is 25.8 Å². The highest BCUT2D eigenvalue weighted by Crippen LogP contribution is 2.28. The lowest BCUT2D eigenvalue weighted by molar-refractivity contribution is -0.0500. The van der Waals surface area contributed by atoms with Crippen LogP contribution in [0.15, 0.2) is 24.8 Å². The van der Waals surface area contributed by atoms with E-state index in [1.807, 2.05) is 0 Å². The lowest BCUT2D eigenvalue weighted by Gasteiger charge is -2.08. The van der Waals surface area contributed by atoms with Crippen LogP contribution in [0.1, 0.15) is 5.82 Å². The Kier molecular flexibility index (Phi) is 3.01. The molecule has 0 saturated heterocycles. The van der Waals surface area contributed by atoms with Crippen LogP contribution in [0.3, 0.4) is 0 Å². The smallest absolute Gasteiger partial charge is 0.376 e. The van der Waals surface area contributed by atoms with E-state index < -0.39 is 21.4 Å². The van der Waals surface area contributed by atoms with Crippen molar-refractivity contribution in [1.29, 1.82) is 0 Å². The van der Waals surface area contributed by atoms with E-state index in [4.69, 9.17) is 0 Å². The summed E-state index contributed by atoms with van der Waals surface area (Å²) in [5, 5.41) is 0. The molecule has 0 aliphatic carbocycles. The first-order valence-corrected chi connectivity index (χ1v) is 6.27. The van der Waals surface area contributed by atoms with Crippen LogP contribution >= 0.6 is 0 Å². The van der Waals surface area contributed by atoms with E-state index in [1.54, 1.807) is 0 Å². The lowest BCUT2D eigenvalue weighted by Crippen LogP contribution is -2.28. The zero-order valence-corrected chi connectivity index (χ0v) is 10.0. The molecular weight excluding hydrogens is 285 g/mol. The van der Waals surface area contributed by atoms with Gasteiger partial charge < -0.3 is 9.17 Å². The van der Waals surface area contributed by atoms with E-state index in [9.17, 15) is 21.6 Å². The molecule has 1 aromatic carbocycles. The van der Waals surface area contributed by atoms with E-state index in [0.29, 0.717) is 16.9 Å². The van der Waals surface area contributed by atoms with Crippen molar-refractivity contribution in [2.45, 2.75) is 5.51 Å². The van der Waals surface area contributed by atoms with E-state index >= 15 is 0 Å². The zero-order valence-electron chi connectivity index (χ0n) is 9.23. The number of alkyl halides is 3. The molecule has 0 atom stereocenters. The van der Waals surface area contributed by atoms with Crippen LogP contribution in [0.5, 0.6) is 5.75 Å². The van der Waals surface area contributed by atoms with Crippen molar-refractivity contribution in [2.75, 3.05) is 0 Å². The highest BCUT2D eigenvalue weighted by atomic mass is 32.2. The summed E-state index contributed by atoms with van der Waals surface area (Å²) in [5.41, 5.74) is -4.68. The second kappa shape index (κ2) is 4.26. The molecule has 5 nitrogen and oxygen atoms in total. The van der Waals surface area contributed by atoms with Gasteiger partial charge in [-0.1, -0.05) is 6.58 Å². The molecule has 0 unspecified atom stereocenters. The number of hydrogen-bond donors (Lipinski definition) is 1. The minimum atomic E-state index is -5.67. The third kappa shape index (κ3) is 2.55. The monoisotopic (exact) mass is 292 g/mol. The number of aromatic amines is 1. The first-order chi connectivity index (χ1) is 8.73. The van der Waals surface area contributed by atoms with Crippen molar-refractivity contribution in [2.24, 2.45) is 0 Å². The Bertz CT molecular complexity index is 734. The van der Waals surface area contributed by atoms with Gasteiger partial charge >= 0.3 is 15.6 Å². The van der Waals surface area contributed by atoms with Gasteiger partial charge in [0.25, 0.3) is 0 Å². The van der Waals surface area contributed by atoms with Crippen LogP contribution < -0.4 is 4.18 Å². The molecule has 0 saturated carbocycles. The number of hydrogen-bond acceptors (Lipinski definition) is 4. The van der Waals surface area contributed by atoms with Gasteiger partial charge in [0.05, 0.1) is 11.0 Å². The number of benzene rings is 1. The zero-order chi connectivity index (χ0) is 14.3. The number of nitrogens with one attached hydrogen (secondary N) is 1. The van der Waals surface area contributed by atoms with Crippen molar-refractivity contribution in [3.8, 4) is 5.75 Å². The summed E-state index contributed by atoms with van der Waals surface area (Å²) in [4.78, 5) is 6.74. The summed E-state index contributed by atoms with van der Waals surface area (Å²) in [7, 11) is -5.67. The predicted molar refractivity (Wildman–Crippen MR) is 61.8 cm³/mol. The Morgan fingerprint density at radius 3 is 2.63 bits per heavy atom. The first kappa shape index (κ1) is 13.4. The van der Waals surface area contributed by atoms with Gasteiger partial charge in [-0.25, -0.2) is 4.98 Å². The average Bonchev–Trinajstić information content (AvgIpc) is 2.69. The molecule has 0 radical (unpaired) electrons. The van der Waals surface area contributed by atoms with E-state index in [2.05, 4.69) is 20.7 Å². The molecule has 2 aromatic rings. The second-order valence-corrected chi connectivity index (χ2v) is 5.03. The van der Waals surface area contributed by atoms with Gasteiger partial charge in [0.2, 0.25) is 0 Å². The SMILES string of the molecule is C=Cc1nc2ccc(OS(=O)(=O)C(F)(F)F)cc2[nH]1. The molecular formula is C10H7F3N2O3S. The molecule has 0 aliphatic rings. The number of H-pyrrole nitrogens is 1. The molecule has 0 amide bonds. The Labute approximate surface area is 105 Å². The number of fused-ring (bicyclic) bond motifs is 1. The summed E-state index contributed by atoms with van der Waals surface area (Å²) in [6.07, 6.45) is 1.41. The Balaban J connectivity index is 2.39. The molecule has 19 heavy (non-hydrogen) atoms. The molecule has 9 heteroatoms. The van der Waals surface area contributed by atoms with E-state index in [1.165, 1.54) is 12.1 Å². The summed E-state index contributed by atoms with van der Waals surface area (Å²) in [5.74, 6) is -0.0464. The van der Waals surface area contributed by atoms with Crippen LogP contribution in [0.25, 0.3) is 17.1 Å². The van der Waals surface area contributed by atoms with Gasteiger partial charge in [-0.15, -0.1) is 0 Å². The molecule has 0 bridgehead atoms. The number of aromatic nitrogens is 2. The standard InChI is InChI=1S/C10H7F3N2O3S/c1-2-9-14-7-4-3-6(5-8(7)15-9)18-19(16,17)10(11,12)13/h2-5H,1H2,(H,14,15). The lowest BCUT2D eigenvalue weighted by atomic mass is 10.3. The molecule has 1 N–H and O–H groups in total. The van der Waals surface area contributed by atoms with Crippen LogP contribution in [-0.4, -0.2) is 23.9 Å². The molecule has 0 fully saturated rings. The number of nitrogens with zero attached hydrogens (tertiary/aromatic N) is 1. The fraction of sp³-hybridized carbons (Fsp3) is 0.100. The van der Waals surface area contributed by atoms with E-state index in [-0.39, 0.29) is 0 Å². The Morgan fingerprint density at radius 2 is 2.05 bits per heavy atom. The predicted octanol–water partition coefficient (Wildman–Crippen LogP) is 2.43. The van der Waals surface area contributed by atoms with Crippen LogP contribution in [-0.2, 0) is 10.1 Å². The van der Waals surface area contributed by atoms with Gasteiger partial charge in [0.15, 0.2) is 0 Å². The largest absolute Gasteiger partial charge is 0.534 e. The molecule has 1 aromatic heterocycles. The van der Waals surface area contributed by atoms with E-state index in [0.717, 1.165) is 12.1 Å². The maximum Gasteiger partial charge on any atom is 0.534 e. The van der Waals surface area contributed by atoms with Gasteiger partial charge in [-0.05, 0) is 18.2 Å². The summed E-state index contributed by atoms with van der Waals surface area (Å²) >= 11 is 0. The quantitative estimate of drug-likeness (QED) is 0.696. The van der Waals surface area contributed by atoms with Gasteiger partial charge in [-0.2, -0.15) is 21.6 Å². The minimum Gasteiger partial charge on any atom is -0.376 e. The van der Waals surface area contributed by atoms with Gasteiger partial charge in [0, 0.05) is 6.07 Å². The Morgan fingerprint density at radius 1 is 1.37 bits per heavy atom. The van der Waals surface area contributed by atoms with Crippen LogP contribution in [0.4, 0.5) is 13.2 Å². The summed E-state index contributed by atoms with van der Waals surface area (Å²) in [6, 6.07) is 3.53. The third-order valence-corrected chi connectivity index (χ3v) is 3.13. The normalized spacial score (nSPS) is 12.6. The molecule has 0 spiro atoms. The fourth-order valence-corrected chi connectivity index (χ4v) is 1.78. The third-order valence-electron chi connectivity index (χ3n) is 2.15. The Hall–Kier alpha value is -2.03. The number of imidazole rings is 1. The highest BCUT2D eigenvalue weighted by Gasteiger charge is 2.48. The number of halogens is 3.